The van der Waals surface area contributed by atoms with Gasteiger partial charge in [0.2, 0.25) is 0 Å². The van der Waals surface area contributed by atoms with Crippen molar-refractivity contribution in [3.05, 3.63) is 0 Å². The molecule has 3 atom stereocenters. The van der Waals surface area contributed by atoms with Crippen LogP contribution in [0.1, 0.15) is 44.9 Å². The molecule has 12 heavy (non-hydrogen) atoms. The Bertz CT molecular complexity index is 169. The highest BCUT2D eigenvalue weighted by Gasteiger charge is 2.43. The van der Waals surface area contributed by atoms with Crippen molar-refractivity contribution in [1.29, 1.82) is 0 Å². The zero-order valence-corrected chi connectivity index (χ0v) is 7.50. The Morgan fingerprint density at radius 1 is 1.08 bits per heavy atom. The summed E-state index contributed by atoms with van der Waals surface area (Å²) in [6.45, 7) is 0. The highest BCUT2D eigenvalue weighted by Crippen LogP contribution is 2.43. The number of rotatable bonds is 0. The number of hydrogen-bond acceptors (Lipinski definition) is 2. The van der Waals surface area contributed by atoms with Gasteiger partial charge in [-0.15, -0.1) is 0 Å². The first-order valence-electron chi connectivity index (χ1n) is 5.11. The molecule has 2 rings (SSSR count). The maximum Gasteiger partial charge on any atom is 0.0700 e. The monoisotopic (exact) mass is 170 g/mol. The van der Waals surface area contributed by atoms with Gasteiger partial charge in [-0.05, 0) is 31.6 Å². The fourth-order valence-electron chi connectivity index (χ4n) is 2.88. The van der Waals surface area contributed by atoms with Crippen molar-refractivity contribution in [1.82, 2.24) is 0 Å². The van der Waals surface area contributed by atoms with Gasteiger partial charge in [0.15, 0.2) is 0 Å². The Morgan fingerprint density at radius 3 is 2.75 bits per heavy atom. The van der Waals surface area contributed by atoms with Gasteiger partial charge in [0.05, 0.1) is 11.7 Å². The summed E-state index contributed by atoms with van der Waals surface area (Å²) in [4.78, 5) is 0. The highest BCUT2D eigenvalue weighted by molar-refractivity contribution is 4.95. The molecule has 0 radical (unpaired) electrons. The molecule has 2 nitrogen and oxygen atoms in total. The first-order valence-corrected chi connectivity index (χ1v) is 5.11. The minimum Gasteiger partial charge on any atom is -0.393 e. The number of fused-ring (bicyclic) bond motifs is 1. The molecule has 2 aliphatic rings. The topological polar surface area (TPSA) is 40.5 Å². The second-order valence-corrected chi connectivity index (χ2v) is 4.48. The van der Waals surface area contributed by atoms with Crippen LogP contribution < -0.4 is 0 Å². The van der Waals surface area contributed by atoms with Gasteiger partial charge in [-0.2, -0.15) is 0 Å². The lowest BCUT2D eigenvalue weighted by molar-refractivity contribution is -0.108. The molecule has 0 spiro atoms. The summed E-state index contributed by atoms with van der Waals surface area (Å²) in [5, 5.41) is 19.7. The molecule has 70 valence electrons. The van der Waals surface area contributed by atoms with E-state index in [4.69, 9.17) is 0 Å². The third kappa shape index (κ3) is 1.38. The summed E-state index contributed by atoms with van der Waals surface area (Å²) in [6.07, 6.45) is 6.78. The van der Waals surface area contributed by atoms with Crippen LogP contribution in [0.5, 0.6) is 0 Å². The van der Waals surface area contributed by atoms with Gasteiger partial charge in [-0.1, -0.05) is 12.8 Å². The third-order valence-electron chi connectivity index (χ3n) is 3.61. The molecular weight excluding hydrogens is 152 g/mol. The minimum absolute atomic E-state index is 0.246. The van der Waals surface area contributed by atoms with E-state index in [9.17, 15) is 10.2 Å². The van der Waals surface area contributed by atoms with Gasteiger partial charge in [-0.3, -0.25) is 0 Å². The van der Waals surface area contributed by atoms with Gasteiger partial charge in [0.25, 0.3) is 0 Å². The standard InChI is InChI=1S/C10H18O2/c11-9-5-4-8-3-1-2-6-10(8,12)7-9/h8-9,11-12H,1-7H2/t8?,9-,10?/m0/s1. The first-order chi connectivity index (χ1) is 5.71. The fourth-order valence-corrected chi connectivity index (χ4v) is 2.88. The number of hydrogen-bond donors (Lipinski definition) is 2. The highest BCUT2D eigenvalue weighted by atomic mass is 16.3. The molecule has 0 aliphatic heterocycles. The summed E-state index contributed by atoms with van der Waals surface area (Å²) in [5.74, 6) is 0.481. The lowest BCUT2D eigenvalue weighted by atomic mass is 9.67. The molecule has 0 aromatic carbocycles. The second kappa shape index (κ2) is 3.00. The molecule has 2 aliphatic carbocycles. The van der Waals surface area contributed by atoms with Gasteiger partial charge < -0.3 is 10.2 Å². The average molecular weight is 170 g/mol. The van der Waals surface area contributed by atoms with Crippen molar-refractivity contribution in [2.45, 2.75) is 56.7 Å². The Labute approximate surface area is 73.6 Å². The van der Waals surface area contributed by atoms with Crippen molar-refractivity contribution in [2.75, 3.05) is 0 Å². The van der Waals surface area contributed by atoms with E-state index in [0.29, 0.717) is 12.3 Å². The Hall–Kier alpha value is -0.0800. The van der Waals surface area contributed by atoms with E-state index in [0.717, 1.165) is 25.7 Å². The lowest BCUT2D eigenvalue weighted by Gasteiger charge is -2.45. The van der Waals surface area contributed by atoms with E-state index in [-0.39, 0.29) is 6.10 Å². The van der Waals surface area contributed by atoms with Crippen molar-refractivity contribution >= 4 is 0 Å². The molecule has 2 unspecified atom stereocenters. The molecule has 2 saturated carbocycles. The van der Waals surface area contributed by atoms with Crippen LogP contribution in [0.25, 0.3) is 0 Å². The van der Waals surface area contributed by atoms with Crippen LogP contribution in [0.4, 0.5) is 0 Å². The average Bonchev–Trinajstić information content (AvgIpc) is 2.02. The molecule has 0 amide bonds. The fraction of sp³-hybridized carbons (Fsp3) is 1.00. The minimum atomic E-state index is -0.504. The van der Waals surface area contributed by atoms with Crippen molar-refractivity contribution in [2.24, 2.45) is 5.92 Å². The lowest BCUT2D eigenvalue weighted by Crippen LogP contribution is -2.47. The molecule has 0 heterocycles. The van der Waals surface area contributed by atoms with Crippen LogP contribution in [0, 0.1) is 5.92 Å². The smallest absolute Gasteiger partial charge is 0.0700 e. The quantitative estimate of drug-likeness (QED) is 0.577. The van der Waals surface area contributed by atoms with Gasteiger partial charge >= 0.3 is 0 Å². The van der Waals surface area contributed by atoms with Crippen molar-refractivity contribution in [3.8, 4) is 0 Å². The molecule has 2 fully saturated rings. The Balaban J connectivity index is 2.07. The molecule has 0 aromatic heterocycles. The SMILES string of the molecule is O[C@H]1CCC2CCCCC2(O)C1. The van der Waals surface area contributed by atoms with E-state index in [1.807, 2.05) is 0 Å². The van der Waals surface area contributed by atoms with Gasteiger partial charge in [0.1, 0.15) is 0 Å². The number of aliphatic hydroxyl groups is 2. The molecule has 2 heteroatoms. The van der Waals surface area contributed by atoms with E-state index in [1.165, 1.54) is 12.8 Å². The summed E-state index contributed by atoms with van der Waals surface area (Å²) >= 11 is 0. The van der Waals surface area contributed by atoms with Crippen molar-refractivity contribution in [3.63, 3.8) is 0 Å². The van der Waals surface area contributed by atoms with Crippen LogP contribution in [-0.4, -0.2) is 21.9 Å². The Kier molecular flexibility index (Phi) is 2.13. The molecule has 0 saturated heterocycles. The van der Waals surface area contributed by atoms with E-state index < -0.39 is 5.60 Å². The van der Waals surface area contributed by atoms with E-state index in [1.54, 1.807) is 0 Å². The largest absolute Gasteiger partial charge is 0.393 e. The van der Waals surface area contributed by atoms with E-state index >= 15 is 0 Å². The van der Waals surface area contributed by atoms with Crippen LogP contribution in [0.15, 0.2) is 0 Å². The zero-order valence-electron chi connectivity index (χ0n) is 7.50. The van der Waals surface area contributed by atoms with Crippen LogP contribution >= 0.6 is 0 Å². The van der Waals surface area contributed by atoms with Gasteiger partial charge in [0, 0.05) is 6.42 Å². The summed E-state index contributed by atoms with van der Waals surface area (Å²) in [7, 11) is 0. The second-order valence-electron chi connectivity index (χ2n) is 4.48. The Morgan fingerprint density at radius 2 is 1.92 bits per heavy atom. The summed E-state index contributed by atoms with van der Waals surface area (Å²) in [6, 6.07) is 0. The maximum absolute atomic E-state index is 10.2. The number of aliphatic hydroxyl groups excluding tert-OH is 1. The molecule has 0 bridgehead atoms. The maximum atomic E-state index is 10.2. The molecule has 2 N–H and O–H groups in total. The first kappa shape index (κ1) is 8.52. The predicted octanol–water partition coefficient (Wildman–Crippen LogP) is 1.45. The third-order valence-corrected chi connectivity index (χ3v) is 3.61. The van der Waals surface area contributed by atoms with Crippen molar-refractivity contribution < 1.29 is 10.2 Å². The predicted molar refractivity (Wildman–Crippen MR) is 46.8 cm³/mol. The normalized spacial score (nSPS) is 48.5. The van der Waals surface area contributed by atoms with E-state index in [2.05, 4.69) is 0 Å². The summed E-state index contributed by atoms with van der Waals surface area (Å²) in [5.41, 5.74) is -0.504. The van der Waals surface area contributed by atoms with Crippen LogP contribution in [0.3, 0.4) is 0 Å². The summed E-state index contributed by atoms with van der Waals surface area (Å²) < 4.78 is 0. The molecule has 0 aromatic rings. The zero-order chi connectivity index (χ0) is 8.60. The van der Waals surface area contributed by atoms with Crippen LogP contribution in [-0.2, 0) is 0 Å². The van der Waals surface area contributed by atoms with Gasteiger partial charge in [-0.25, -0.2) is 0 Å². The molecular formula is C10H18O2. The van der Waals surface area contributed by atoms with Crippen LogP contribution in [0.2, 0.25) is 0 Å².